The van der Waals surface area contributed by atoms with Crippen molar-refractivity contribution in [2.45, 2.75) is 50.4 Å². The molecule has 2 fully saturated rings. The van der Waals surface area contributed by atoms with Crippen LogP contribution in [0.3, 0.4) is 0 Å². The van der Waals surface area contributed by atoms with Crippen molar-refractivity contribution in [1.82, 2.24) is 14.7 Å². The number of Topliss-reactive ketones (excluding diaryl/α,β-unsaturated/α-hetero) is 1. The van der Waals surface area contributed by atoms with Crippen LogP contribution >= 0.6 is 24.2 Å². The largest absolute Gasteiger partial charge is 0.481 e. The summed E-state index contributed by atoms with van der Waals surface area (Å²) in [5.74, 6) is -1.24. The van der Waals surface area contributed by atoms with Gasteiger partial charge in [0.25, 0.3) is 0 Å². The van der Waals surface area contributed by atoms with E-state index in [4.69, 9.17) is 5.11 Å². The highest BCUT2D eigenvalue weighted by molar-refractivity contribution is 8.14. The van der Waals surface area contributed by atoms with E-state index in [0.29, 0.717) is 30.8 Å². The highest BCUT2D eigenvalue weighted by atomic mass is 35.5. The lowest BCUT2D eigenvalue weighted by Gasteiger charge is -2.38. The fourth-order valence-electron chi connectivity index (χ4n) is 4.37. The van der Waals surface area contributed by atoms with Gasteiger partial charge in [0.05, 0.1) is 24.7 Å². The van der Waals surface area contributed by atoms with Gasteiger partial charge in [-0.1, -0.05) is 30.0 Å². The average molecular weight is 522 g/mol. The zero-order chi connectivity index (χ0) is 24.2. The number of aliphatic carboxylic acids is 1. The summed E-state index contributed by atoms with van der Waals surface area (Å²) in [5, 5.41) is 13.3. The average Bonchev–Trinajstić information content (AvgIpc) is 3.55. The summed E-state index contributed by atoms with van der Waals surface area (Å²) < 4.78 is 16.3. The second-order valence-electron chi connectivity index (χ2n) is 8.82. The Morgan fingerprint density at radius 2 is 1.97 bits per heavy atom. The lowest BCUT2D eigenvalue weighted by molar-refractivity contribution is -0.137. The van der Waals surface area contributed by atoms with E-state index >= 15 is 0 Å². The van der Waals surface area contributed by atoms with Gasteiger partial charge in [0, 0.05) is 42.9 Å². The molecule has 1 aromatic heterocycles. The summed E-state index contributed by atoms with van der Waals surface area (Å²) in [6.45, 7) is 2.80. The molecule has 188 valence electrons. The van der Waals surface area contributed by atoms with Crippen molar-refractivity contribution in [3.8, 4) is 0 Å². The van der Waals surface area contributed by atoms with Crippen LogP contribution < -0.4 is 0 Å². The van der Waals surface area contributed by atoms with E-state index in [1.54, 1.807) is 35.1 Å². The third kappa shape index (κ3) is 7.02. The van der Waals surface area contributed by atoms with E-state index in [-0.39, 0.29) is 53.3 Å². The molecule has 4 rings (SSSR count). The maximum Gasteiger partial charge on any atom is 0.305 e. The Hall–Kier alpha value is -2.49. The standard InChI is InChI=1S/C25H28FN3O4S.ClH/c1-16(30)34-22-9-11-28(15-18(22)14-19-8-12-29(27-19)13-10-23(31)32)24(25(33)17-6-7-17)20-4-2-3-5-21(20)26;/h2-5,8,12,14,17,22,24H,6-7,9-11,13,15H2,1H3,(H,31,32);1H/t22-,24?;/m0./s1. The Balaban J connectivity index is 0.00000342. The first-order valence-electron chi connectivity index (χ1n) is 11.5. The van der Waals surface area contributed by atoms with Crippen LogP contribution in [0.5, 0.6) is 0 Å². The van der Waals surface area contributed by atoms with E-state index < -0.39 is 12.0 Å². The first-order valence-corrected chi connectivity index (χ1v) is 12.3. The monoisotopic (exact) mass is 521 g/mol. The summed E-state index contributed by atoms with van der Waals surface area (Å²) in [6.07, 6.45) is 5.94. The minimum absolute atomic E-state index is 0. The van der Waals surface area contributed by atoms with Crippen LogP contribution in [0.25, 0.3) is 6.08 Å². The fraction of sp³-hybridized carbons (Fsp3) is 0.440. The Morgan fingerprint density at radius 3 is 2.63 bits per heavy atom. The van der Waals surface area contributed by atoms with E-state index in [9.17, 15) is 18.8 Å². The van der Waals surface area contributed by atoms with Crippen LogP contribution in [0.2, 0.25) is 0 Å². The predicted octanol–water partition coefficient (Wildman–Crippen LogP) is 4.38. The van der Waals surface area contributed by atoms with Gasteiger partial charge in [0.2, 0.25) is 0 Å². The van der Waals surface area contributed by atoms with Crippen molar-refractivity contribution in [1.29, 1.82) is 0 Å². The Bertz CT molecular complexity index is 1120. The third-order valence-electron chi connectivity index (χ3n) is 6.15. The number of carbonyl (C=O) groups excluding carboxylic acids is 2. The van der Waals surface area contributed by atoms with Crippen molar-refractivity contribution in [3.63, 3.8) is 0 Å². The molecule has 2 atom stereocenters. The van der Waals surface area contributed by atoms with Gasteiger partial charge in [-0.3, -0.25) is 24.0 Å². The van der Waals surface area contributed by atoms with Crippen molar-refractivity contribution in [2.24, 2.45) is 5.92 Å². The third-order valence-corrected chi connectivity index (χ3v) is 7.30. The number of thioether (sulfide) groups is 1. The molecule has 1 aromatic carbocycles. The van der Waals surface area contributed by atoms with Crippen molar-refractivity contribution in [2.75, 3.05) is 13.1 Å². The van der Waals surface area contributed by atoms with Crippen LogP contribution in [-0.2, 0) is 20.9 Å². The summed E-state index contributed by atoms with van der Waals surface area (Å²) >= 11 is 1.26. The number of hydrogen-bond acceptors (Lipinski definition) is 6. The molecule has 2 aromatic rings. The lowest BCUT2D eigenvalue weighted by atomic mass is 9.93. The number of carboxylic acid groups (broad SMARTS) is 1. The van der Waals surface area contributed by atoms with E-state index in [1.165, 1.54) is 24.8 Å². The summed E-state index contributed by atoms with van der Waals surface area (Å²) in [6, 6.07) is 7.59. The normalized spacial score (nSPS) is 20.3. The summed E-state index contributed by atoms with van der Waals surface area (Å²) in [5.41, 5.74) is 2.00. The minimum Gasteiger partial charge on any atom is -0.481 e. The lowest BCUT2D eigenvalue weighted by Crippen LogP contribution is -2.43. The number of carboxylic acids is 1. The maximum absolute atomic E-state index is 14.8. The Morgan fingerprint density at radius 1 is 1.23 bits per heavy atom. The second-order valence-corrected chi connectivity index (χ2v) is 10.2. The number of likely N-dealkylation sites (tertiary alicyclic amines) is 1. The topological polar surface area (TPSA) is 92.5 Å². The van der Waals surface area contributed by atoms with Gasteiger partial charge in [-0.2, -0.15) is 5.10 Å². The van der Waals surface area contributed by atoms with Gasteiger partial charge in [-0.25, -0.2) is 4.39 Å². The number of nitrogens with zero attached hydrogens (tertiary/aromatic N) is 3. The molecule has 0 bridgehead atoms. The number of piperidine rings is 1. The first kappa shape index (κ1) is 27.1. The molecule has 1 saturated heterocycles. The van der Waals surface area contributed by atoms with Crippen LogP contribution in [0.1, 0.15) is 49.9 Å². The zero-order valence-electron chi connectivity index (χ0n) is 19.4. The number of aryl methyl sites for hydroxylation is 1. The van der Waals surface area contributed by atoms with Crippen molar-refractivity contribution < 1.29 is 23.9 Å². The first-order chi connectivity index (χ1) is 16.3. The number of benzene rings is 1. The molecule has 10 heteroatoms. The molecule has 2 aliphatic rings. The van der Waals surface area contributed by atoms with Gasteiger partial charge >= 0.3 is 5.97 Å². The fourth-order valence-corrected chi connectivity index (χ4v) is 5.29. The number of aromatic nitrogens is 2. The molecule has 0 radical (unpaired) electrons. The zero-order valence-corrected chi connectivity index (χ0v) is 21.1. The quantitative estimate of drug-likeness (QED) is 0.523. The second kappa shape index (κ2) is 12.0. The summed E-state index contributed by atoms with van der Waals surface area (Å²) in [7, 11) is 0. The van der Waals surface area contributed by atoms with Crippen LogP contribution in [-0.4, -0.2) is 55.0 Å². The Kier molecular flexibility index (Phi) is 9.27. The molecule has 2 heterocycles. The molecule has 0 amide bonds. The molecular formula is C25H29ClFN3O4S. The summed E-state index contributed by atoms with van der Waals surface area (Å²) in [4.78, 5) is 38.0. The molecule has 35 heavy (non-hydrogen) atoms. The minimum atomic E-state index is -0.893. The number of halogens is 2. The van der Waals surface area contributed by atoms with E-state index in [0.717, 1.165) is 18.4 Å². The highest BCUT2D eigenvalue weighted by Gasteiger charge is 2.41. The molecular weight excluding hydrogens is 493 g/mol. The van der Waals surface area contributed by atoms with Crippen molar-refractivity contribution in [3.05, 3.63) is 59.2 Å². The Labute approximate surface area is 214 Å². The van der Waals surface area contributed by atoms with Gasteiger partial charge in [0.15, 0.2) is 10.9 Å². The number of carbonyl (C=O) groups is 3. The van der Waals surface area contributed by atoms with Crippen molar-refractivity contribution >= 4 is 47.1 Å². The molecule has 0 spiro atoms. The molecule has 1 aliphatic heterocycles. The molecule has 1 N–H and O–H groups in total. The molecule has 1 unspecified atom stereocenters. The highest BCUT2D eigenvalue weighted by Crippen LogP contribution is 2.40. The van der Waals surface area contributed by atoms with E-state index in [2.05, 4.69) is 5.10 Å². The molecule has 1 saturated carbocycles. The number of rotatable bonds is 9. The van der Waals surface area contributed by atoms with Crippen LogP contribution in [0.15, 0.2) is 42.1 Å². The van der Waals surface area contributed by atoms with E-state index in [1.807, 2.05) is 11.0 Å². The van der Waals surface area contributed by atoms with Gasteiger partial charge in [-0.15, -0.1) is 12.4 Å². The number of ketones is 1. The van der Waals surface area contributed by atoms with Gasteiger partial charge < -0.3 is 5.11 Å². The smallest absolute Gasteiger partial charge is 0.305 e. The SMILES string of the molecule is CC(=O)S[C@H]1CCN(C(C(=O)C2CC2)c2ccccc2F)CC1=Cc1ccn(CCC(=O)O)n1.Cl. The van der Waals surface area contributed by atoms with Crippen LogP contribution in [0.4, 0.5) is 4.39 Å². The van der Waals surface area contributed by atoms with Crippen LogP contribution in [0, 0.1) is 11.7 Å². The van der Waals surface area contributed by atoms with Gasteiger partial charge in [0.1, 0.15) is 5.82 Å². The molecule has 7 nitrogen and oxygen atoms in total. The van der Waals surface area contributed by atoms with Gasteiger partial charge in [-0.05, 0) is 43.0 Å². The maximum atomic E-state index is 14.8. The number of hydrogen-bond donors (Lipinski definition) is 1. The predicted molar refractivity (Wildman–Crippen MR) is 135 cm³/mol. The molecule has 1 aliphatic carbocycles.